The van der Waals surface area contributed by atoms with Gasteiger partial charge >= 0.3 is 0 Å². The highest BCUT2D eigenvalue weighted by atomic mass is 16.5. The van der Waals surface area contributed by atoms with Crippen LogP contribution in [0.5, 0.6) is 0 Å². The SMILES string of the molecule is CCCCCCC(CCCCCC)N(C)C(=O)CCCCCCCOC=O. The molecule has 0 aliphatic rings. The summed E-state index contributed by atoms with van der Waals surface area (Å²) in [6.45, 7) is 5.51. The fourth-order valence-electron chi connectivity index (χ4n) is 3.57. The van der Waals surface area contributed by atoms with Crippen LogP contribution in [0.15, 0.2) is 0 Å². The Balaban J connectivity index is 4.09. The van der Waals surface area contributed by atoms with Crippen LogP contribution in [0.2, 0.25) is 0 Å². The molecule has 0 saturated carbocycles. The maximum Gasteiger partial charge on any atom is 0.293 e. The standard InChI is InChI=1S/C23H45NO3/c1-4-6-8-13-17-22(18-14-9-7-5-2)24(3)23(26)19-15-11-10-12-16-20-27-21-25/h21-22H,4-20H2,1-3H3. The van der Waals surface area contributed by atoms with Crippen molar-refractivity contribution >= 4 is 12.4 Å². The van der Waals surface area contributed by atoms with E-state index in [1.807, 2.05) is 7.05 Å². The van der Waals surface area contributed by atoms with E-state index in [9.17, 15) is 9.59 Å². The number of carbonyl (C=O) groups is 2. The lowest BCUT2D eigenvalue weighted by molar-refractivity contribution is -0.132. The Labute approximate surface area is 168 Å². The Morgan fingerprint density at radius 3 is 1.89 bits per heavy atom. The van der Waals surface area contributed by atoms with Gasteiger partial charge in [-0.15, -0.1) is 0 Å². The van der Waals surface area contributed by atoms with Crippen LogP contribution < -0.4 is 0 Å². The summed E-state index contributed by atoms with van der Waals surface area (Å²) in [6.07, 6.45) is 18.3. The Kier molecular flexibility index (Phi) is 18.9. The summed E-state index contributed by atoms with van der Waals surface area (Å²) in [6, 6.07) is 0.423. The Morgan fingerprint density at radius 2 is 1.33 bits per heavy atom. The van der Waals surface area contributed by atoms with Gasteiger partial charge in [0.1, 0.15) is 0 Å². The van der Waals surface area contributed by atoms with Crippen molar-refractivity contribution in [2.24, 2.45) is 0 Å². The van der Waals surface area contributed by atoms with Crippen molar-refractivity contribution in [2.45, 2.75) is 123 Å². The summed E-state index contributed by atoms with van der Waals surface area (Å²) in [4.78, 5) is 24.7. The van der Waals surface area contributed by atoms with Crippen LogP contribution in [0.4, 0.5) is 0 Å². The first-order valence-electron chi connectivity index (χ1n) is 11.5. The second-order valence-corrected chi connectivity index (χ2v) is 7.84. The molecule has 0 fully saturated rings. The third-order valence-corrected chi connectivity index (χ3v) is 5.44. The minimum absolute atomic E-state index is 0.315. The van der Waals surface area contributed by atoms with Crippen molar-refractivity contribution in [2.75, 3.05) is 13.7 Å². The van der Waals surface area contributed by atoms with Crippen LogP contribution in [0.25, 0.3) is 0 Å². The molecule has 0 atom stereocenters. The molecule has 27 heavy (non-hydrogen) atoms. The number of rotatable bonds is 20. The molecule has 4 heteroatoms. The summed E-state index contributed by atoms with van der Waals surface area (Å²) in [5, 5.41) is 0. The maximum absolute atomic E-state index is 12.6. The molecule has 0 aliphatic heterocycles. The molecule has 0 bridgehead atoms. The average molecular weight is 384 g/mol. The molecule has 0 N–H and O–H groups in total. The maximum atomic E-state index is 12.6. The zero-order valence-electron chi connectivity index (χ0n) is 18.3. The molecule has 0 unspecified atom stereocenters. The molecule has 0 spiro atoms. The van der Waals surface area contributed by atoms with Gasteiger partial charge < -0.3 is 9.64 Å². The van der Waals surface area contributed by atoms with Gasteiger partial charge in [-0.05, 0) is 25.7 Å². The van der Waals surface area contributed by atoms with Gasteiger partial charge in [0.15, 0.2) is 0 Å². The molecule has 0 saturated heterocycles. The van der Waals surface area contributed by atoms with E-state index in [1.165, 1.54) is 51.4 Å². The summed E-state index contributed by atoms with van der Waals surface area (Å²) in [7, 11) is 2.02. The van der Waals surface area contributed by atoms with E-state index in [0.717, 1.165) is 44.9 Å². The van der Waals surface area contributed by atoms with Gasteiger partial charge in [-0.2, -0.15) is 0 Å². The fraction of sp³-hybridized carbons (Fsp3) is 0.913. The predicted octanol–water partition coefficient (Wildman–Crippen LogP) is 6.27. The molecule has 0 aromatic carbocycles. The summed E-state index contributed by atoms with van der Waals surface area (Å²) < 4.78 is 4.69. The minimum Gasteiger partial charge on any atom is -0.468 e. The largest absolute Gasteiger partial charge is 0.468 e. The number of hydrogen-bond acceptors (Lipinski definition) is 3. The van der Waals surface area contributed by atoms with E-state index in [4.69, 9.17) is 0 Å². The molecule has 1 amide bonds. The first-order valence-corrected chi connectivity index (χ1v) is 11.5. The van der Waals surface area contributed by atoms with Gasteiger partial charge in [-0.25, -0.2) is 0 Å². The van der Waals surface area contributed by atoms with Crippen molar-refractivity contribution in [1.29, 1.82) is 0 Å². The highest BCUT2D eigenvalue weighted by Crippen LogP contribution is 2.18. The molecule has 0 heterocycles. The van der Waals surface area contributed by atoms with Crippen molar-refractivity contribution < 1.29 is 14.3 Å². The number of ether oxygens (including phenoxy) is 1. The molecule has 160 valence electrons. The van der Waals surface area contributed by atoms with Crippen LogP contribution in [0.1, 0.15) is 117 Å². The number of amides is 1. The van der Waals surface area contributed by atoms with Gasteiger partial charge in [0.25, 0.3) is 6.47 Å². The van der Waals surface area contributed by atoms with E-state index < -0.39 is 0 Å². The van der Waals surface area contributed by atoms with Crippen molar-refractivity contribution in [3.05, 3.63) is 0 Å². The first-order chi connectivity index (χ1) is 13.2. The van der Waals surface area contributed by atoms with Gasteiger partial charge in [0.05, 0.1) is 6.61 Å². The van der Waals surface area contributed by atoms with Crippen molar-refractivity contribution in [3.8, 4) is 0 Å². The highest BCUT2D eigenvalue weighted by Gasteiger charge is 2.18. The lowest BCUT2D eigenvalue weighted by Crippen LogP contribution is -2.37. The number of nitrogens with zero attached hydrogens (tertiary/aromatic N) is 1. The molecule has 0 aliphatic carbocycles. The number of hydrogen-bond donors (Lipinski definition) is 0. The van der Waals surface area contributed by atoms with Crippen LogP contribution in [-0.2, 0) is 14.3 Å². The number of unbranched alkanes of at least 4 members (excludes halogenated alkanes) is 10. The first kappa shape index (κ1) is 25.9. The molecule has 0 rings (SSSR count). The van der Waals surface area contributed by atoms with E-state index in [1.54, 1.807) is 0 Å². The second kappa shape index (κ2) is 19.7. The molecular formula is C23H45NO3. The average Bonchev–Trinajstić information content (AvgIpc) is 2.68. The third-order valence-electron chi connectivity index (χ3n) is 5.44. The molecule has 4 nitrogen and oxygen atoms in total. The predicted molar refractivity (Wildman–Crippen MR) is 114 cm³/mol. The van der Waals surface area contributed by atoms with E-state index in [0.29, 0.717) is 31.4 Å². The van der Waals surface area contributed by atoms with Crippen LogP contribution in [0, 0.1) is 0 Å². The van der Waals surface area contributed by atoms with E-state index in [2.05, 4.69) is 23.5 Å². The molecule has 0 radical (unpaired) electrons. The summed E-state index contributed by atoms with van der Waals surface area (Å²) in [5.41, 5.74) is 0. The highest BCUT2D eigenvalue weighted by molar-refractivity contribution is 5.76. The molecule has 0 aromatic heterocycles. The Morgan fingerprint density at radius 1 is 0.815 bits per heavy atom. The molecular weight excluding hydrogens is 338 g/mol. The van der Waals surface area contributed by atoms with Crippen LogP contribution in [-0.4, -0.2) is 37.0 Å². The summed E-state index contributed by atoms with van der Waals surface area (Å²) >= 11 is 0. The normalized spacial score (nSPS) is 11.0. The van der Waals surface area contributed by atoms with Gasteiger partial charge in [0.2, 0.25) is 5.91 Å². The topological polar surface area (TPSA) is 46.6 Å². The van der Waals surface area contributed by atoms with E-state index in [-0.39, 0.29) is 0 Å². The lowest BCUT2D eigenvalue weighted by Gasteiger charge is -2.29. The third kappa shape index (κ3) is 15.7. The van der Waals surface area contributed by atoms with Crippen LogP contribution >= 0.6 is 0 Å². The Hall–Kier alpha value is -1.06. The quantitative estimate of drug-likeness (QED) is 0.184. The van der Waals surface area contributed by atoms with Gasteiger partial charge in [-0.1, -0.05) is 84.5 Å². The van der Waals surface area contributed by atoms with Crippen molar-refractivity contribution in [3.63, 3.8) is 0 Å². The summed E-state index contributed by atoms with van der Waals surface area (Å²) in [5.74, 6) is 0.315. The molecule has 0 aromatic rings. The van der Waals surface area contributed by atoms with Crippen molar-refractivity contribution in [1.82, 2.24) is 4.90 Å². The van der Waals surface area contributed by atoms with Gasteiger partial charge in [-0.3, -0.25) is 9.59 Å². The smallest absolute Gasteiger partial charge is 0.293 e. The minimum atomic E-state index is 0.315. The Bertz CT molecular complexity index is 335. The van der Waals surface area contributed by atoms with Crippen LogP contribution in [0.3, 0.4) is 0 Å². The monoisotopic (exact) mass is 383 g/mol. The van der Waals surface area contributed by atoms with Gasteiger partial charge in [0, 0.05) is 19.5 Å². The number of carbonyl (C=O) groups excluding carboxylic acids is 2. The second-order valence-electron chi connectivity index (χ2n) is 7.84. The lowest BCUT2D eigenvalue weighted by atomic mass is 9.99. The zero-order chi connectivity index (χ0) is 20.2. The fourth-order valence-corrected chi connectivity index (χ4v) is 3.57. The zero-order valence-corrected chi connectivity index (χ0v) is 18.3. The van der Waals surface area contributed by atoms with E-state index >= 15 is 0 Å².